The van der Waals surface area contributed by atoms with E-state index in [0.29, 0.717) is 0 Å². The summed E-state index contributed by atoms with van der Waals surface area (Å²) in [6.07, 6.45) is 2.00. The van der Waals surface area contributed by atoms with Gasteiger partial charge in [-0.05, 0) is 49.9 Å². The van der Waals surface area contributed by atoms with Crippen molar-refractivity contribution in [3.63, 3.8) is 0 Å². The van der Waals surface area contributed by atoms with E-state index in [4.69, 9.17) is 4.74 Å². The highest BCUT2D eigenvalue weighted by atomic mass is 32.2. The molecule has 0 spiro atoms. The first-order chi connectivity index (χ1) is 9.00. The van der Waals surface area contributed by atoms with Gasteiger partial charge in [0.2, 0.25) is 0 Å². The van der Waals surface area contributed by atoms with Crippen molar-refractivity contribution in [2.24, 2.45) is 0 Å². The second-order valence-electron chi connectivity index (χ2n) is 6.17. The van der Waals surface area contributed by atoms with E-state index in [1.54, 1.807) is 7.11 Å². The van der Waals surface area contributed by atoms with Crippen LogP contribution in [0.2, 0.25) is 0 Å². The molecule has 3 unspecified atom stereocenters. The van der Waals surface area contributed by atoms with E-state index in [-0.39, 0.29) is 16.8 Å². The van der Waals surface area contributed by atoms with Gasteiger partial charge in [-0.1, -0.05) is 6.07 Å². The Bertz CT molecular complexity index is 527. The molecule has 1 aromatic carbocycles. The molecule has 4 heteroatoms. The van der Waals surface area contributed by atoms with Gasteiger partial charge in [0.05, 0.1) is 12.4 Å². The maximum absolute atomic E-state index is 12.4. The van der Waals surface area contributed by atoms with Gasteiger partial charge in [0.1, 0.15) is 5.75 Å². The zero-order valence-corrected chi connectivity index (χ0v) is 12.5. The van der Waals surface area contributed by atoms with Gasteiger partial charge in [-0.3, -0.25) is 4.21 Å². The molecule has 0 aromatic heterocycles. The Morgan fingerprint density at radius 1 is 1.42 bits per heavy atom. The van der Waals surface area contributed by atoms with Gasteiger partial charge >= 0.3 is 0 Å². The lowest BCUT2D eigenvalue weighted by atomic mass is 9.85. The standard InChI is InChI=1S/C15H21NO2S/c1-15(2)9-19(17)13-7-4-10-8-11(18-3)5-6-12(10)14(13)16-15/h5-6,8,13-14,16H,4,7,9H2,1-3H3. The van der Waals surface area contributed by atoms with Crippen LogP contribution in [0.3, 0.4) is 0 Å². The summed E-state index contributed by atoms with van der Waals surface area (Å²) in [4.78, 5) is 0. The topological polar surface area (TPSA) is 38.3 Å². The van der Waals surface area contributed by atoms with Gasteiger partial charge in [0.15, 0.2) is 0 Å². The number of rotatable bonds is 1. The molecule has 0 amide bonds. The Labute approximate surface area is 117 Å². The second kappa shape index (κ2) is 4.60. The Morgan fingerprint density at radius 2 is 2.21 bits per heavy atom. The van der Waals surface area contributed by atoms with Gasteiger partial charge in [-0.2, -0.15) is 0 Å². The molecule has 1 aromatic rings. The van der Waals surface area contributed by atoms with Crippen LogP contribution in [0.4, 0.5) is 0 Å². The lowest BCUT2D eigenvalue weighted by Gasteiger charge is -2.44. The fourth-order valence-electron chi connectivity index (χ4n) is 3.27. The van der Waals surface area contributed by atoms with Crippen LogP contribution in [-0.4, -0.2) is 27.9 Å². The molecule has 1 saturated heterocycles. The number of hydrogen-bond acceptors (Lipinski definition) is 3. The predicted octanol–water partition coefficient (Wildman–Crippen LogP) is 2.18. The number of benzene rings is 1. The number of ether oxygens (including phenoxy) is 1. The average Bonchev–Trinajstić information content (AvgIpc) is 2.36. The molecule has 1 heterocycles. The van der Waals surface area contributed by atoms with E-state index < -0.39 is 10.8 Å². The maximum atomic E-state index is 12.4. The van der Waals surface area contributed by atoms with Crippen molar-refractivity contribution in [3.05, 3.63) is 29.3 Å². The van der Waals surface area contributed by atoms with Crippen molar-refractivity contribution >= 4 is 10.8 Å². The molecule has 0 bridgehead atoms. The molecule has 3 atom stereocenters. The minimum Gasteiger partial charge on any atom is -0.497 e. The molecule has 1 aliphatic heterocycles. The summed E-state index contributed by atoms with van der Waals surface area (Å²) < 4.78 is 17.7. The van der Waals surface area contributed by atoms with Crippen LogP contribution >= 0.6 is 0 Å². The van der Waals surface area contributed by atoms with Gasteiger partial charge < -0.3 is 10.1 Å². The van der Waals surface area contributed by atoms with Crippen LogP contribution in [0, 0.1) is 0 Å². The lowest BCUT2D eigenvalue weighted by Crippen LogP contribution is -2.57. The largest absolute Gasteiger partial charge is 0.497 e. The van der Waals surface area contributed by atoms with Crippen molar-refractivity contribution in [1.29, 1.82) is 0 Å². The van der Waals surface area contributed by atoms with E-state index in [1.165, 1.54) is 11.1 Å². The minimum absolute atomic E-state index is 0.0550. The highest BCUT2D eigenvalue weighted by Crippen LogP contribution is 2.39. The third kappa shape index (κ3) is 2.32. The van der Waals surface area contributed by atoms with Gasteiger partial charge in [0.25, 0.3) is 0 Å². The van der Waals surface area contributed by atoms with Crippen molar-refractivity contribution in [2.75, 3.05) is 12.9 Å². The van der Waals surface area contributed by atoms with Crippen LogP contribution < -0.4 is 10.1 Å². The molecule has 0 saturated carbocycles. The first kappa shape index (κ1) is 13.1. The number of hydrogen-bond donors (Lipinski definition) is 1. The predicted molar refractivity (Wildman–Crippen MR) is 78.1 cm³/mol. The van der Waals surface area contributed by atoms with Gasteiger partial charge in [0, 0.05) is 28.1 Å². The van der Waals surface area contributed by atoms with E-state index in [1.807, 2.05) is 6.07 Å². The molecular formula is C15H21NO2S. The summed E-state index contributed by atoms with van der Waals surface area (Å²) in [7, 11) is 0.964. The fraction of sp³-hybridized carbons (Fsp3) is 0.600. The van der Waals surface area contributed by atoms with Crippen LogP contribution in [-0.2, 0) is 17.2 Å². The fourth-order valence-corrected chi connectivity index (χ4v) is 5.18. The molecule has 0 radical (unpaired) electrons. The summed E-state index contributed by atoms with van der Waals surface area (Å²) in [5.74, 6) is 1.66. The van der Waals surface area contributed by atoms with E-state index >= 15 is 0 Å². The van der Waals surface area contributed by atoms with Crippen LogP contribution in [0.5, 0.6) is 5.75 Å². The average molecular weight is 279 g/mol. The van der Waals surface area contributed by atoms with Crippen molar-refractivity contribution in [2.45, 2.75) is 43.5 Å². The molecular weight excluding hydrogens is 258 g/mol. The normalized spacial score (nSPS) is 32.3. The van der Waals surface area contributed by atoms with E-state index in [2.05, 4.69) is 31.3 Å². The van der Waals surface area contributed by atoms with Crippen LogP contribution in [0.1, 0.15) is 37.4 Å². The molecule has 3 nitrogen and oxygen atoms in total. The zero-order chi connectivity index (χ0) is 13.6. The molecule has 1 fully saturated rings. The molecule has 1 N–H and O–H groups in total. The third-order valence-corrected chi connectivity index (χ3v) is 6.33. The van der Waals surface area contributed by atoms with Crippen molar-refractivity contribution in [1.82, 2.24) is 5.32 Å². The highest BCUT2D eigenvalue weighted by molar-refractivity contribution is 7.85. The van der Waals surface area contributed by atoms with Gasteiger partial charge in [-0.15, -0.1) is 0 Å². The zero-order valence-electron chi connectivity index (χ0n) is 11.7. The number of methoxy groups -OCH3 is 1. The quantitative estimate of drug-likeness (QED) is 0.856. The summed E-state index contributed by atoms with van der Waals surface area (Å²) in [5.41, 5.74) is 2.58. The third-order valence-electron chi connectivity index (χ3n) is 4.14. The van der Waals surface area contributed by atoms with E-state index in [9.17, 15) is 4.21 Å². The molecule has 3 rings (SSSR count). The van der Waals surface area contributed by atoms with Gasteiger partial charge in [-0.25, -0.2) is 0 Å². The summed E-state index contributed by atoms with van der Waals surface area (Å²) in [6, 6.07) is 6.49. The lowest BCUT2D eigenvalue weighted by molar-refractivity contribution is 0.322. The monoisotopic (exact) mass is 279 g/mol. The van der Waals surface area contributed by atoms with E-state index in [0.717, 1.165) is 24.3 Å². The Morgan fingerprint density at radius 3 is 2.95 bits per heavy atom. The minimum atomic E-state index is -0.734. The van der Waals surface area contributed by atoms with Crippen LogP contribution in [0.15, 0.2) is 18.2 Å². The molecule has 104 valence electrons. The number of fused-ring (bicyclic) bond motifs is 3. The Hall–Kier alpha value is -0.870. The van der Waals surface area contributed by atoms with Crippen LogP contribution in [0.25, 0.3) is 0 Å². The number of aryl methyl sites for hydroxylation is 1. The smallest absolute Gasteiger partial charge is 0.119 e. The highest BCUT2D eigenvalue weighted by Gasteiger charge is 2.42. The Balaban J connectivity index is 2.00. The first-order valence-corrected chi connectivity index (χ1v) is 8.20. The number of nitrogens with one attached hydrogen (secondary N) is 1. The molecule has 2 aliphatic rings. The summed E-state index contributed by atoms with van der Waals surface area (Å²) in [5, 5.41) is 3.94. The first-order valence-electron chi connectivity index (χ1n) is 6.82. The van der Waals surface area contributed by atoms with Crippen molar-refractivity contribution < 1.29 is 8.95 Å². The Kier molecular flexibility index (Phi) is 3.18. The second-order valence-corrected chi connectivity index (χ2v) is 7.83. The molecule has 19 heavy (non-hydrogen) atoms. The summed E-state index contributed by atoms with van der Waals surface area (Å²) >= 11 is 0. The van der Waals surface area contributed by atoms with Crippen molar-refractivity contribution in [3.8, 4) is 5.75 Å². The maximum Gasteiger partial charge on any atom is 0.119 e. The summed E-state index contributed by atoms with van der Waals surface area (Å²) in [6.45, 7) is 4.28. The molecule has 1 aliphatic carbocycles. The SMILES string of the molecule is COc1ccc2c(c1)CCC1C2NC(C)(C)CS1=O.